The first-order valence-corrected chi connectivity index (χ1v) is 9.82. The van der Waals surface area contributed by atoms with Crippen LogP contribution in [0.1, 0.15) is 23.7 Å². The van der Waals surface area contributed by atoms with Crippen LogP contribution in [-0.4, -0.2) is 28.0 Å². The number of fused-ring (bicyclic) bond motifs is 1. The van der Waals surface area contributed by atoms with Crippen LogP contribution < -0.4 is 10.3 Å². The fourth-order valence-corrected chi connectivity index (χ4v) is 3.66. The quantitative estimate of drug-likeness (QED) is 0.708. The van der Waals surface area contributed by atoms with Gasteiger partial charge in [-0.05, 0) is 55.3 Å². The zero-order valence-corrected chi connectivity index (χ0v) is 16.5. The van der Waals surface area contributed by atoms with Gasteiger partial charge < -0.3 is 9.72 Å². The molecule has 4 rings (SSSR count). The molecule has 0 saturated heterocycles. The lowest BCUT2D eigenvalue weighted by Gasteiger charge is -2.27. The predicted octanol–water partition coefficient (Wildman–Crippen LogP) is 4.05. The molecule has 0 aliphatic carbocycles. The molecule has 1 aliphatic rings. The number of rotatable bonds is 5. The molecular formula is C22H22ClN3O2. The second kappa shape index (κ2) is 8.17. The van der Waals surface area contributed by atoms with Crippen molar-refractivity contribution in [1.29, 1.82) is 0 Å². The summed E-state index contributed by atoms with van der Waals surface area (Å²) in [5.74, 6) is 1.47. The minimum absolute atomic E-state index is 0.0482. The highest BCUT2D eigenvalue weighted by molar-refractivity contribution is 6.30. The van der Waals surface area contributed by atoms with E-state index < -0.39 is 0 Å². The van der Waals surface area contributed by atoms with Gasteiger partial charge in [-0.1, -0.05) is 23.7 Å². The fraction of sp³-hybridized carbons (Fsp3) is 0.273. The lowest BCUT2D eigenvalue weighted by atomic mass is 10.0. The normalized spacial score (nSPS) is 13.9. The second-order valence-corrected chi connectivity index (χ2v) is 7.32. The van der Waals surface area contributed by atoms with Gasteiger partial charge in [0.05, 0.1) is 12.3 Å². The Morgan fingerprint density at radius 1 is 1.21 bits per heavy atom. The molecule has 0 bridgehead atoms. The Morgan fingerprint density at radius 3 is 2.82 bits per heavy atom. The predicted molar refractivity (Wildman–Crippen MR) is 111 cm³/mol. The molecule has 2 heterocycles. The first kappa shape index (κ1) is 18.7. The van der Waals surface area contributed by atoms with E-state index in [9.17, 15) is 4.79 Å². The molecule has 3 aromatic rings. The summed E-state index contributed by atoms with van der Waals surface area (Å²) in [5, 5.41) is 0.657. The molecule has 1 N–H and O–H groups in total. The standard InChI is InChI=1S/C22H22ClN3O2/c1-2-28-18-5-3-4-15(12-18)13-26-11-10-19-20(14-26)24-21(25-22(19)27)16-6-8-17(23)9-7-16/h3-9,12H,2,10-11,13-14H2,1H3,(H,24,25,27). The summed E-state index contributed by atoms with van der Waals surface area (Å²) in [4.78, 5) is 22.5. The second-order valence-electron chi connectivity index (χ2n) is 6.89. The Labute approximate surface area is 169 Å². The van der Waals surface area contributed by atoms with Crippen LogP contribution in [0.15, 0.2) is 53.3 Å². The zero-order chi connectivity index (χ0) is 19.5. The summed E-state index contributed by atoms with van der Waals surface area (Å²) in [6, 6.07) is 15.5. The van der Waals surface area contributed by atoms with Crippen LogP contribution in [0.2, 0.25) is 5.02 Å². The Hall–Kier alpha value is -2.63. The van der Waals surface area contributed by atoms with Gasteiger partial charge in [0.25, 0.3) is 5.56 Å². The van der Waals surface area contributed by atoms with E-state index in [1.807, 2.05) is 31.2 Å². The number of aromatic nitrogens is 2. The average molecular weight is 396 g/mol. The molecule has 0 spiro atoms. The molecule has 1 aromatic heterocycles. The van der Waals surface area contributed by atoms with Crippen LogP contribution in [0.4, 0.5) is 0 Å². The maximum Gasteiger partial charge on any atom is 0.254 e. The first-order valence-electron chi connectivity index (χ1n) is 9.44. The molecule has 0 unspecified atom stereocenters. The third kappa shape index (κ3) is 4.11. The van der Waals surface area contributed by atoms with E-state index >= 15 is 0 Å². The number of benzene rings is 2. The van der Waals surface area contributed by atoms with Crippen LogP contribution in [0.25, 0.3) is 11.4 Å². The molecule has 2 aromatic carbocycles. The maximum absolute atomic E-state index is 12.5. The Morgan fingerprint density at radius 2 is 2.04 bits per heavy atom. The lowest BCUT2D eigenvalue weighted by molar-refractivity contribution is 0.240. The Balaban J connectivity index is 1.56. The summed E-state index contributed by atoms with van der Waals surface area (Å²) in [5.41, 5.74) is 3.63. The van der Waals surface area contributed by atoms with E-state index in [0.717, 1.165) is 35.7 Å². The molecule has 144 valence electrons. The van der Waals surface area contributed by atoms with Crippen molar-refractivity contribution in [3.8, 4) is 17.1 Å². The average Bonchev–Trinajstić information content (AvgIpc) is 2.69. The van der Waals surface area contributed by atoms with Crippen LogP contribution in [0.3, 0.4) is 0 Å². The van der Waals surface area contributed by atoms with Crippen LogP contribution in [0, 0.1) is 0 Å². The molecule has 0 saturated carbocycles. The lowest BCUT2D eigenvalue weighted by Crippen LogP contribution is -2.35. The van der Waals surface area contributed by atoms with Crippen LogP contribution in [-0.2, 0) is 19.5 Å². The van der Waals surface area contributed by atoms with E-state index in [1.165, 1.54) is 5.56 Å². The smallest absolute Gasteiger partial charge is 0.254 e. The van der Waals surface area contributed by atoms with Gasteiger partial charge in [-0.3, -0.25) is 9.69 Å². The number of hydrogen-bond donors (Lipinski definition) is 1. The highest BCUT2D eigenvalue weighted by atomic mass is 35.5. The molecule has 0 atom stereocenters. The van der Waals surface area contributed by atoms with Crippen molar-refractivity contribution in [2.75, 3.05) is 13.2 Å². The van der Waals surface area contributed by atoms with Gasteiger partial charge in [0.15, 0.2) is 0 Å². The number of aromatic amines is 1. The van der Waals surface area contributed by atoms with Crippen LogP contribution >= 0.6 is 11.6 Å². The summed E-state index contributed by atoms with van der Waals surface area (Å²) >= 11 is 5.96. The van der Waals surface area contributed by atoms with Crippen LogP contribution in [0.5, 0.6) is 5.75 Å². The van der Waals surface area contributed by atoms with Gasteiger partial charge in [-0.2, -0.15) is 0 Å². The van der Waals surface area contributed by atoms with E-state index in [1.54, 1.807) is 12.1 Å². The third-order valence-corrected chi connectivity index (χ3v) is 5.14. The van der Waals surface area contributed by atoms with Crippen molar-refractivity contribution in [3.63, 3.8) is 0 Å². The molecule has 1 aliphatic heterocycles. The Bertz CT molecular complexity index is 1030. The third-order valence-electron chi connectivity index (χ3n) is 4.89. The minimum Gasteiger partial charge on any atom is -0.494 e. The van der Waals surface area contributed by atoms with E-state index in [2.05, 4.69) is 22.0 Å². The SMILES string of the molecule is CCOc1cccc(CN2CCc3c(nc(-c4ccc(Cl)cc4)[nH]c3=O)C2)c1. The van der Waals surface area contributed by atoms with Gasteiger partial charge >= 0.3 is 0 Å². The number of nitrogens with one attached hydrogen (secondary N) is 1. The van der Waals surface area contributed by atoms with E-state index in [0.29, 0.717) is 30.4 Å². The number of H-pyrrole nitrogens is 1. The van der Waals surface area contributed by atoms with Crippen molar-refractivity contribution in [2.45, 2.75) is 26.4 Å². The Kier molecular flexibility index (Phi) is 5.46. The zero-order valence-electron chi connectivity index (χ0n) is 15.7. The van der Waals surface area contributed by atoms with Crippen molar-refractivity contribution in [2.24, 2.45) is 0 Å². The van der Waals surface area contributed by atoms with Gasteiger partial charge in [0.2, 0.25) is 0 Å². The van der Waals surface area contributed by atoms with Crippen molar-refractivity contribution >= 4 is 11.6 Å². The molecule has 6 heteroatoms. The van der Waals surface area contributed by atoms with Crippen molar-refractivity contribution < 1.29 is 4.74 Å². The van der Waals surface area contributed by atoms with E-state index in [4.69, 9.17) is 21.3 Å². The summed E-state index contributed by atoms with van der Waals surface area (Å²) < 4.78 is 5.60. The number of halogens is 1. The summed E-state index contributed by atoms with van der Waals surface area (Å²) in [7, 11) is 0. The van der Waals surface area contributed by atoms with Gasteiger partial charge in [-0.25, -0.2) is 4.98 Å². The maximum atomic E-state index is 12.5. The van der Waals surface area contributed by atoms with E-state index in [-0.39, 0.29) is 5.56 Å². The molecular weight excluding hydrogens is 374 g/mol. The van der Waals surface area contributed by atoms with Crippen molar-refractivity contribution in [1.82, 2.24) is 14.9 Å². The van der Waals surface area contributed by atoms with Gasteiger partial charge in [-0.15, -0.1) is 0 Å². The highest BCUT2D eigenvalue weighted by Gasteiger charge is 2.21. The first-order chi connectivity index (χ1) is 13.6. The summed E-state index contributed by atoms with van der Waals surface area (Å²) in [6.45, 7) is 4.91. The molecule has 0 amide bonds. The summed E-state index contributed by atoms with van der Waals surface area (Å²) in [6.07, 6.45) is 0.698. The minimum atomic E-state index is -0.0482. The number of ether oxygens (including phenoxy) is 1. The number of hydrogen-bond acceptors (Lipinski definition) is 4. The molecule has 28 heavy (non-hydrogen) atoms. The topological polar surface area (TPSA) is 58.2 Å². The van der Waals surface area contributed by atoms with Gasteiger partial charge in [0.1, 0.15) is 11.6 Å². The monoisotopic (exact) mass is 395 g/mol. The fourth-order valence-electron chi connectivity index (χ4n) is 3.53. The largest absolute Gasteiger partial charge is 0.494 e. The van der Waals surface area contributed by atoms with Gasteiger partial charge in [0, 0.05) is 35.8 Å². The molecule has 5 nitrogen and oxygen atoms in total. The highest BCUT2D eigenvalue weighted by Crippen LogP contribution is 2.22. The molecule has 0 fully saturated rings. The van der Waals surface area contributed by atoms with Crippen molar-refractivity contribution in [3.05, 3.63) is 80.7 Å². The number of nitrogens with zero attached hydrogens (tertiary/aromatic N) is 2. The molecule has 0 radical (unpaired) electrons.